The standard InChI is InChI=1S/C23H27Cl2N5O2/c1-15-19-14-18(30(16(2)31)32-22-10-7-17(24)13-20(22)25)8-9-21(19)27-23(26-15)29(5)12-6-11-28(3)4/h7-10,13-14H,6,11-12H2,1-5H3. The van der Waals surface area contributed by atoms with Crippen LogP contribution in [0.25, 0.3) is 10.9 Å². The van der Waals surface area contributed by atoms with E-state index in [9.17, 15) is 4.79 Å². The largest absolute Gasteiger partial charge is 0.370 e. The third-order valence-electron chi connectivity index (χ3n) is 4.90. The van der Waals surface area contributed by atoms with Crippen molar-refractivity contribution >= 4 is 51.6 Å². The Kier molecular flexibility index (Phi) is 7.77. The van der Waals surface area contributed by atoms with Crippen molar-refractivity contribution in [3.8, 4) is 5.75 Å². The van der Waals surface area contributed by atoms with Crippen LogP contribution in [0.3, 0.4) is 0 Å². The number of hydrogen-bond acceptors (Lipinski definition) is 6. The summed E-state index contributed by atoms with van der Waals surface area (Å²) >= 11 is 12.2. The molecule has 0 bridgehead atoms. The van der Waals surface area contributed by atoms with Crippen molar-refractivity contribution in [3.63, 3.8) is 0 Å². The smallest absolute Gasteiger partial charge is 0.256 e. The first kappa shape index (κ1) is 24.0. The highest BCUT2D eigenvalue weighted by Crippen LogP contribution is 2.31. The summed E-state index contributed by atoms with van der Waals surface area (Å²) in [5.74, 6) is 0.703. The Morgan fingerprint density at radius 2 is 1.78 bits per heavy atom. The highest BCUT2D eigenvalue weighted by atomic mass is 35.5. The third-order valence-corrected chi connectivity index (χ3v) is 5.43. The molecule has 32 heavy (non-hydrogen) atoms. The van der Waals surface area contributed by atoms with Gasteiger partial charge in [-0.1, -0.05) is 23.2 Å². The number of fused-ring (bicyclic) bond motifs is 1. The van der Waals surface area contributed by atoms with Crippen molar-refractivity contribution in [1.82, 2.24) is 14.9 Å². The summed E-state index contributed by atoms with van der Waals surface area (Å²) in [7, 11) is 6.11. The fraction of sp³-hybridized carbons (Fsp3) is 0.348. The zero-order valence-electron chi connectivity index (χ0n) is 18.9. The number of halogens is 2. The number of carbonyl (C=O) groups excluding carboxylic acids is 1. The van der Waals surface area contributed by atoms with Gasteiger partial charge in [-0.3, -0.25) is 4.79 Å². The maximum atomic E-state index is 12.3. The van der Waals surface area contributed by atoms with Gasteiger partial charge >= 0.3 is 0 Å². The Bertz CT molecular complexity index is 1120. The molecule has 0 saturated carbocycles. The van der Waals surface area contributed by atoms with E-state index >= 15 is 0 Å². The van der Waals surface area contributed by atoms with Crippen molar-refractivity contribution in [2.24, 2.45) is 0 Å². The molecule has 0 radical (unpaired) electrons. The van der Waals surface area contributed by atoms with Gasteiger partial charge in [-0.25, -0.2) is 9.97 Å². The minimum atomic E-state index is -0.300. The van der Waals surface area contributed by atoms with Crippen LogP contribution in [0.4, 0.5) is 11.6 Å². The van der Waals surface area contributed by atoms with Gasteiger partial charge in [0.05, 0.1) is 21.9 Å². The maximum absolute atomic E-state index is 12.3. The van der Waals surface area contributed by atoms with Crippen molar-refractivity contribution in [2.45, 2.75) is 20.3 Å². The van der Waals surface area contributed by atoms with Crippen LogP contribution < -0.4 is 14.8 Å². The molecular formula is C23H27Cl2N5O2. The van der Waals surface area contributed by atoms with E-state index in [4.69, 9.17) is 33.0 Å². The zero-order chi connectivity index (χ0) is 23.4. The molecule has 3 rings (SSSR count). The van der Waals surface area contributed by atoms with Crippen molar-refractivity contribution in [2.75, 3.05) is 44.2 Å². The number of nitrogens with zero attached hydrogens (tertiary/aromatic N) is 5. The molecule has 0 fully saturated rings. The summed E-state index contributed by atoms with van der Waals surface area (Å²) in [6.45, 7) is 5.21. The lowest BCUT2D eigenvalue weighted by molar-refractivity contribution is -0.120. The minimum Gasteiger partial charge on any atom is -0.370 e. The van der Waals surface area contributed by atoms with Gasteiger partial charge in [-0.05, 0) is 70.4 Å². The van der Waals surface area contributed by atoms with Gasteiger partial charge in [0.2, 0.25) is 5.95 Å². The molecule has 9 heteroatoms. The number of anilines is 2. The molecule has 0 aliphatic carbocycles. The molecule has 0 atom stereocenters. The SMILES string of the molecule is CC(=O)N(Oc1ccc(Cl)cc1Cl)c1ccc2nc(N(C)CCCN(C)C)nc(C)c2c1. The molecule has 2 aromatic carbocycles. The lowest BCUT2D eigenvalue weighted by atomic mass is 10.1. The Labute approximate surface area is 198 Å². The number of amides is 1. The predicted molar refractivity (Wildman–Crippen MR) is 131 cm³/mol. The molecule has 170 valence electrons. The van der Waals surface area contributed by atoms with E-state index in [1.807, 2.05) is 26.1 Å². The van der Waals surface area contributed by atoms with E-state index in [0.717, 1.165) is 36.1 Å². The number of rotatable bonds is 8. The molecule has 0 aliphatic heterocycles. The predicted octanol–water partition coefficient (Wildman–Crippen LogP) is 4.98. The Morgan fingerprint density at radius 3 is 2.44 bits per heavy atom. The second-order valence-electron chi connectivity index (χ2n) is 7.87. The second-order valence-corrected chi connectivity index (χ2v) is 8.71. The van der Waals surface area contributed by atoms with Gasteiger partial charge in [0.15, 0.2) is 5.75 Å². The van der Waals surface area contributed by atoms with E-state index in [0.29, 0.717) is 27.4 Å². The highest BCUT2D eigenvalue weighted by Gasteiger charge is 2.18. The molecule has 0 spiro atoms. The molecule has 0 N–H and O–H groups in total. The van der Waals surface area contributed by atoms with Crippen molar-refractivity contribution in [3.05, 3.63) is 52.1 Å². The second kappa shape index (κ2) is 10.3. The third kappa shape index (κ3) is 5.79. The Morgan fingerprint density at radius 1 is 1.03 bits per heavy atom. The number of hydrogen-bond donors (Lipinski definition) is 0. The highest BCUT2D eigenvalue weighted by molar-refractivity contribution is 6.35. The van der Waals surface area contributed by atoms with Gasteiger partial charge in [0.1, 0.15) is 0 Å². The zero-order valence-corrected chi connectivity index (χ0v) is 20.4. The molecule has 1 heterocycles. The van der Waals surface area contributed by atoms with Crippen LogP contribution >= 0.6 is 23.2 Å². The van der Waals surface area contributed by atoms with Gasteiger partial charge in [-0.2, -0.15) is 0 Å². The van der Waals surface area contributed by atoms with Crippen LogP contribution in [0.5, 0.6) is 5.75 Å². The fourth-order valence-electron chi connectivity index (χ4n) is 3.22. The molecule has 7 nitrogen and oxygen atoms in total. The quantitative estimate of drug-likeness (QED) is 0.428. The van der Waals surface area contributed by atoms with Crippen LogP contribution in [-0.2, 0) is 4.79 Å². The van der Waals surface area contributed by atoms with Crippen LogP contribution in [0.1, 0.15) is 19.0 Å². The molecule has 3 aromatic rings. The first-order valence-electron chi connectivity index (χ1n) is 10.2. The Hall–Kier alpha value is -2.61. The monoisotopic (exact) mass is 475 g/mol. The summed E-state index contributed by atoms with van der Waals surface area (Å²) in [5, 5.41) is 2.82. The van der Waals surface area contributed by atoms with Crippen LogP contribution in [0, 0.1) is 6.92 Å². The molecule has 0 aliphatic rings. The first-order valence-corrected chi connectivity index (χ1v) is 11.0. The summed E-state index contributed by atoms with van der Waals surface area (Å²) in [4.78, 5) is 31.7. The van der Waals surface area contributed by atoms with E-state index in [1.54, 1.807) is 24.3 Å². The van der Waals surface area contributed by atoms with E-state index in [2.05, 4.69) is 28.9 Å². The number of aryl methyl sites for hydroxylation is 1. The van der Waals surface area contributed by atoms with Gasteiger partial charge in [0.25, 0.3) is 5.91 Å². The van der Waals surface area contributed by atoms with Crippen LogP contribution in [-0.4, -0.2) is 55.0 Å². The van der Waals surface area contributed by atoms with Gasteiger partial charge in [0, 0.05) is 30.9 Å². The van der Waals surface area contributed by atoms with Gasteiger partial charge in [-0.15, -0.1) is 5.06 Å². The molecular weight excluding hydrogens is 449 g/mol. The van der Waals surface area contributed by atoms with Crippen molar-refractivity contribution < 1.29 is 9.63 Å². The number of hydroxylamine groups is 1. The fourth-order valence-corrected chi connectivity index (χ4v) is 3.66. The van der Waals surface area contributed by atoms with Gasteiger partial charge < -0.3 is 14.6 Å². The first-order chi connectivity index (χ1) is 15.2. The summed E-state index contributed by atoms with van der Waals surface area (Å²) in [6.07, 6.45) is 1.01. The maximum Gasteiger partial charge on any atom is 0.256 e. The normalized spacial score (nSPS) is 11.1. The number of benzene rings is 2. The minimum absolute atomic E-state index is 0.300. The summed E-state index contributed by atoms with van der Waals surface area (Å²) in [5.41, 5.74) is 2.16. The van der Waals surface area contributed by atoms with E-state index < -0.39 is 0 Å². The van der Waals surface area contributed by atoms with E-state index in [1.165, 1.54) is 12.0 Å². The van der Waals surface area contributed by atoms with Crippen LogP contribution in [0.15, 0.2) is 36.4 Å². The summed E-state index contributed by atoms with van der Waals surface area (Å²) < 4.78 is 0. The molecule has 1 amide bonds. The lowest BCUT2D eigenvalue weighted by Crippen LogP contribution is -2.32. The van der Waals surface area contributed by atoms with Crippen LogP contribution in [0.2, 0.25) is 10.0 Å². The number of aromatic nitrogens is 2. The van der Waals surface area contributed by atoms with E-state index in [-0.39, 0.29) is 5.91 Å². The Balaban J connectivity index is 1.88. The summed E-state index contributed by atoms with van der Waals surface area (Å²) in [6, 6.07) is 10.3. The molecule has 0 unspecified atom stereocenters. The molecule has 1 aromatic heterocycles. The lowest BCUT2D eigenvalue weighted by Gasteiger charge is -2.23. The average molecular weight is 476 g/mol. The molecule has 0 saturated heterocycles. The van der Waals surface area contributed by atoms with Crippen molar-refractivity contribution in [1.29, 1.82) is 0 Å². The number of carbonyl (C=O) groups is 1. The average Bonchev–Trinajstić information content (AvgIpc) is 2.72. The topological polar surface area (TPSA) is 61.8 Å².